The van der Waals surface area contributed by atoms with Crippen molar-refractivity contribution in [1.82, 2.24) is 0 Å². The number of hydrogen-bond acceptors (Lipinski definition) is 3. The number of rotatable bonds is 5. The van der Waals surface area contributed by atoms with E-state index in [1.54, 1.807) is 38.1 Å². The van der Waals surface area contributed by atoms with Gasteiger partial charge in [0.15, 0.2) is 0 Å². The molecule has 0 aliphatic carbocycles. The molecule has 0 heterocycles. The number of benzene rings is 2. The number of hydrogen-bond donors (Lipinski definition) is 1. The highest BCUT2D eigenvalue weighted by molar-refractivity contribution is 6.09. The molecule has 6 heteroatoms. The number of carbonyl (C=O) groups is 1. The lowest BCUT2D eigenvalue weighted by atomic mass is 10.0. The number of anilines is 1. The van der Waals surface area contributed by atoms with Gasteiger partial charge in [-0.05, 0) is 67.8 Å². The number of nitrogens with one attached hydrogen (secondary N) is 1. The summed E-state index contributed by atoms with van der Waals surface area (Å²) in [6.45, 7) is 2.27. The molecule has 4 nitrogen and oxygen atoms in total. The van der Waals surface area contributed by atoms with Crippen LogP contribution in [-0.2, 0) is 4.79 Å². The van der Waals surface area contributed by atoms with E-state index in [9.17, 15) is 18.8 Å². The monoisotopic (exact) mass is 356 g/mol. The van der Waals surface area contributed by atoms with Gasteiger partial charge in [-0.2, -0.15) is 14.0 Å². The van der Waals surface area contributed by atoms with Gasteiger partial charge in [0.1, 0.15) is 17.4 Å². The highest BCUT2D eigenvalue weighted by atomic mass is 19.3. The quantitative estimate of drug-likeness (QED) is 0.621. The first-order chi connectivity index (χ1) is 12.3. The third-order valence-electron chi connectivity index (χ3n) is 3.68. The minimum Gasteiger partial charge on any atom is -0.434 e. The maximum atomic E-state index is 12.5. The van der Waals surface area contributed by atoms with E-state index in [2.05, 4.69) is 10.1 Å². The van der Waals surface area contributed by atoms with Crippen LogP contribution in [0.5, 0.6) is 5.75 Å². The van der Waals surface area contributed by atoms with E-state index >= 15 is 0 Å². The molecule has 0 aliphatic rings. The summed E-state index contributed by atoms with van der Waals surface area (Å²) < 4.78 is 29.4. The van der Waals surface area contributed by atoms with E-state index in [4.69, 9.17) is 0 Å². The molecule has 0 aliphatic heterocycles. The van der Waals surface area contributed by atoms with Crippen molar-refractivity contribution in [2.75, 3.05) is 5.32 Å². The van der Waals surface area contributed by atoms with E-state index in [0.29, 0.717) is 22.4 Å². The number of halogens is 2. The van der Waals surface area contributed by atoms with Crippen LogP contribution in [0.3, 0.4) is 0 Å². The average molecular weight is 356 g/mol. The largest absolute Gasteiger partial charge is 0.434 e. The van der Waals surface area contributed by atoms with Gasteiger partial charge in [0.2, 0.25) is 0 Å². The van der Waals surface area contributed by atoms with E-state index < -0.39 is 12.5 Å². The molecule has 2 rings (SSSR count). The molecular formula is C20H18F2N2O2. The molecule has 26 heavy (non-hydrogen) atoms. The Morgan fingerprint density at radius 1 is 1.15 bits per heavy atom. The molecule has 1 amide bonds. The topological polar surface area (TPSA) is 62.1 Å². The molecule has 0 unspecified atom stereocenters. The molecule has 0 aromatic heterocycles. The molecule has 134 valence electrons. The van der Waals surface area contributed by atoms with Crippen LogP contribution < -0.4 is 10.1 Å². The SMILES string of the molecule is Cc1ccc(NC(=O)/C(C#N)=C/c2cc(C)c(OC(F)F)c(C)c2)cc1. The number of nitriles is 1. The summed E-state index contributed by atoms with van der Waals surface area (Å²) in [6, 6.07) is 12.2. The second-order valence-electron chi connectivity index (χ2n) is 5.85. The molecule has 0 radical (unpaired) electrons. The number of amides is 1. The lowest BCUT2D eigenvalue weighted by molar-refractivity contribution is -0.112. The lowest BCUT2D eigenvalue weighted by Crippen LogP contribution is -2.13. The highest BCUT2D eigenvalue weighted by Crippen LogP contribution is 2.27. The second-order valence-corrected chi connectivity index (χ2v) is 5.85. The second kappa shape index (κ2) is 8.26. The summed E-state index contributed by atoms with van der Waals surface area (Å²) in [5.41, 5.74) is 3.08. The highest BCUT2D eigenvalue weighted by Gasteiger charge is 2.13. The van der Waals surface area contributed by atoms with Crippen LogP contribution in [0, 0.1) is 32.1 Å². The van der Waals surface area contributed by atoms with Gasteiger partial charge in [0.25, 0.3) is 5.91 Å². The zero-order valence-corrected chi connectivity index (χ0v) is 14.6. The molecule has 0 saturated carbocycles. The van der Waals surface area contributed by atoms with Crippen molar-refractivity contribution >= 4 is 17.7 Å². The average Bonchev–Trinajstić information content (AvgIpc) is 2.57. The fourth-order valence-corrected chi connectivity index (χ4v) is 2.49. The Morgan fingerprint density at radius 3 is 2.23 bits per heavy atom. The summed E-state index contributed by atoms with van der Waals surface area (Å²) in [5.74, 6) is -0.445. The van der Waals surface area contributed by atoms with Gasteiger partial charge in [-0.25, -0.2) is 0 Å². The molecule has 0 saturated heterocycles. The molecule has 0 atom stereocenters. The number of alkyl halides is 2. The Kier molecular flexibility index (Phi) is 6.07. The number of carbonyl (C=O) groups excluding carboxylic acids is 1. The maximum absolute atomic E-state index is 12.5. The van der Waals surface area contributed by atoms with Gasteiger partial charge < -0.3 is 10.1 Å². The summed E-state index contributed by atoms with van der Waals surface area (Å²) in [5, 5.41) is 11.9. The first kappa shape index (κ1) is 19.1. The minimum absolute atomic E-state index is 0.0908. The maximum Gasteiger partial charge on any atom is 0.387 e. The summed E-state index contributed by atoms with van der Waals surface area (Å²) in [6.07, 6.45) is 1.41. The smallest absolute Gasteiger partial charge is 0.387 e. The fraction of sp³-hybridized carbons (Fsp3) is 0.200. The van der Waals surface area contributed by atoms with Gasteiger partial charge in [-0.1, -0.05) is 17.7 Å². The molecule has 2 aromatic carbocycles. The van der Waals surface area contributed by atoms with Gasteiger partial charge in [-0.3, -0.25) is 4.79 Å². The standard InChI is InChI=1S/C20H18F2N2O2/c1-12-4-6-17(7-5-12)24-19(25)16(11-23)10-15-8-13(2)18(14(3)9-15)26-20(21)22/h4-10,20H,1-3H3,(H,24,25)/b16-10+. The Bertz CT molecular complexity index is 859. The van der Waals surface area contributed by atoms with Crippen molar-refractivity contribution < 1.29 is 18.3 Å². The summed E-state index contributed by atoms with van der Waals surface area (Å²) in [4.78, 5) is 12.3. The minimum atomic E-state index is -2.91. The Balaban J connectivity index is 2.26. The van der Waals surface area contributed by atoms with Gasteiger partial charge in [-0.15, -0.1) is 0 Å². The van der Waals surface area contributed by atoms with E-state index in [0.717, 1.165) is 5.56 Å². The fourth-order valence-electron chi connectivity index (χ4n) is 2.49. The molecule has 0 spiro atoms. The van der Waals surface area contributed by atoms with Crippen LogP contribution in [0.2, 0.25) is 0 Å². The first-order valence-corrected chi connectivity index (χ1v) is 7.86. The van der Waals surface area contributed by atoms with Crippen molar-refractivity contribution in [3.05, 3.63) is 64.2 Å². The first-order valence-electron chi connectivity index (χ1n) is 7.86. The summed E-state index contributed by atoms with van der Waals surface area (Å²) >= 11 is 0. The third kappa shape index (κ3) is 4.90. The number of ether oxygens (including phenoxy) is 1. The van der Waals surface area contributed by atoms with Crippen molar-refractivity contribution in [1.29, 1.82) is 5.26 Å². The molecule has 0 bridgehead atoms. The predicted octanol–water partition coefficient (Wildman–Crippen LogP) is 4.76. The Hall–Kier alpha value is -3.20. The predicted molar refractivity (Wildman–Crippen MR) is 95.9 cm³/mol. The molecule has 1 N–H and O–H groups in total. The van der Waals surface area contributed by atoms with Crippen LogP contribution in [0.4, 0.5) is 14.5 Å². The molecule has 2 aromatic rings. The van der Waals surface area contributed by atoms with Gasteiger partial charge in [0.05, 0.1) is 0 Å². The van der Waals surface area contributed by atoms with Crippen LogP contribution >= 0.6 is 0 Å². The lowest BCUT2D eigenvalue weighted by Gasteiger charge is -2.12. The van der Waals surface area contributed by atoms with Crippen LogP contribution in [0.1, 0.15) is 22.3 Å². The zero-order chi connectivity index (χ0) is 19.3. The summed E-state index contributed by atoms with van der Waals surface area (Å²) in [7, 11) is 0. The van der Waals surface area contributed by atoms with Crippen molar-refractivity contribution in [3.8, 4) is 11.8 Å². The van der Waals surface area contributed by atoms with Crippen molar-refractivity contribution in [2.45, 2.75) is 27.4 Å². The molecule has 0 fully saturated rings. The van der Waals surface area contributed by atoms with Gasteiger partial charge in [0, 0.05) is 5.69 Å². The number of aryl methyl sites for hydroxylation is 3. The van der Waals surface area contributed by atoms with E-state index in [1.165, 1.54) is 6.08 Å². The van der Waals surface area contributed by atoms with Crippen LogP contribution in [0.25, 0.3) is 6.08 Å². The van der Waals surface area contributed by atoms with Crippen LogP contribution in [0.15, 0.2) is 42.0 Å². The molecular weight excluding hydrogens is 338 g/mol. The zero-order valence-electron chi connectivity index (χ0n) is 14.6. The Morgan fingerprint density at radius 2 is 1.73 bits per heavy atom. The number of nitrogens with zero attached hydrogens (tertiary/aromatic N) is 1. The third-order valence-corrected chi connectivity index (χ3v) is 3.68. The Labute approximate surface area is 150 Å². The van der Waals surface area contributed by atoms with Gasteiger partial charge >= 0.3 is 6.61 Å². The normalized spacial score (nSPS) is 11.2. The van der Waals surface area contributed by atoms with Crippen molar-refractivity contribution in [3.63, 3.8) is 0 Å². The van der Waals surface area contributed by atoms with E-state index in [1.807, 2.05) is 25.1 Å². The van der Waals surface area contributed by atoms with Crippen LogP contribution in [-0.4, -0.2) is 12.5 Å². The van der Waals surface area contributed by atoms with Crippen molar-refractivity contribution in [2.24, 2.45) is 0 Å². The van der Waals surface area contributed by atoms with E-state index in [-0.39, 0.29) is 11.3 Å².